The molecule has 1 amide bonds. The van der Waals surface area contributed by atoms with Gasteiger partial charge in [-0.1, -0.05) is 6.07 Å². The number of fused-ring (bicyclic) bond motifs is 1. The topological polar surface area (TPSA) is 105 Å². The van der Waals surface area contributed by atoms with E-state index in [1.54, 1.807) is 0 Å². The number of nitrogen functional groups attached to an aromatic ring is 1. The van der Waals surface area contributed by atoms with E-state index >= 15 is 0 Å². The summed E-state index contributed by atoms with van der Waals surface area (Å²) < 4.78 is 0. The van der Waals surface area contributed by atoms with E-state index in [0.29, 0.717) is 25.3 Å². The highest BCUT2D eigenvalue weighted by atomic mass is 16.1. The van der Waals surface area contributed by atoms with E-state index in [9.17, 15) is 4.79 Å². The van der Waals surface area contributed by atoms with Gasteiger partial charge in [-0.15, -0.1) is 0 Å². The second-order valence-corrected chi connectivity index (χ2v) is 6.03. The average Bonchev–Trinajstić information content (AvgIpc) is 3.23. The average molecular weight is 322 g/mol. The van der Waals surface area contributed by atoms with Gasteiger partial charge in [0.05, 0.1) is 12.1 Å². The number of rotatable bonds is 4. The summed E-state index contributed by atoms with van der Waals surface area (Å²) in [6.45, 7) is 1.32. The maximum Gasteiger partial charge on any atom is 0.222 e. The molecule has 122 valence electrons. The molecule has 0 spiro atoms. The lowest BCUT2D eigenvalue weighted by atomic mass is 10.0. The predicted molar refractivity (Wildman–Crippen MR) is 94.9 cm³/mol. The second kappa shape index (κ2) is 5.92. The molecule has 24 heavy (non-hydrogen) atoms. The molecule has 2 aliphatic rings. The molecular formula is C17H18N6O. The minimum Gasteiger partial charge on any atom is -0.368 e. The fourth-order valence-electron chi connectivity index (χ4n) is 3.07. The molecule has 4 N–H and O–H groups in total. The van der Waals surface area contributed by atoms with Crippen LogP contribution in [0, 0.1) is 0 Å². The van der Waals surface area contributed by atoms with E-state index in [-0.39, 0.29) is 17.9 Å². The Labute approximate surface area is 139 Å². The lowest BCUT2D eigenvalue weighted by molar-refractivity contribution is -0.119. The number of benzene rings is 1. The van der Waals surface area contributed by atoms with Crippen LogP contribution >= 0.6 is 0 Å². The lowest BCUT2D eigenvalue weighted by Gasteiger charge is -2.14. The van der Waals surface area contributed by atoms with E-state index < -0.39 is 0 Å². The van der Waals surface area contributed by atoms with Crippen molar-refractivity contribution in [2.45, 2.75) is 18.9 Å². The number of carbonyl (C=O) groups is 1. The Hall–Kier alpha value is -2.96. The van der Waals surface area contributed by atoms with Crippen molar-refractivity contribution in [1.29, 1.82) is 0 Å². The number of hydrogen-bond acceptors (Lipinski definition) is 6. The van der Waals surface area contributed by atoms with Gasteiger partial charge in [0.2, 0.25) is 11.9 Å². The molecule has 0 bridgehead atoms. The summed E-state index contributed by atoms with van der Waals surface area (Å²) in [7, 11) is 0. The van der Waals surface area contributed by atoms with Gasteiger partial charge in [-0.25, -0.2) is 4.98 Å². The molecule has 0 radical (unpaired) electrons. The first-order valence-electron chi connectivity index (χ1n) is 7.99. The van der Waals surface area contributed by atoms with E-state index in [2.05, 4.69) is 25.6 Å². The van der Waals surface area contributed by atoms with Crippen molar-refractivity contribution >= 4 is 40.4 Å². The number of allylic oxidation sites excluding steroid dienone is 1. The van der Waals surface area contributed by atoms with Crippen LogP contribution in [-0.4, -0.2) is 41.2 Å². The van der Waals surface area contributed by atoms with Crippen LogP contribution in [0.3, 0.4) is 0 Å². The molecule has 0 saturated carbocycles. The largest absolute Gasteiger partial charge is 0.368 e. The number of aromatic nitrogens is 2. The third-order valence-electron chi connectivity index (χ3n) is 4.33. The number of nitrogens with zero attached hydrogens (tertiary/aromatic N) is 3. The number of amides is 1. The third kappa shape index (κ3) is 2.80. The highest BCUT2D eigenvalue weighted by Gasteiger charge is 2.20. The van der Waals surface area contributed by atoms with Gasteiger partial charge < -0.3 is 16.4 Å². The highest BCUT2D eigenvalue weighted by Crippen LogP contribution is 2.26. The maximum absolute atomic E-state index is 11.3. The molecule has 7 nitrogen and oxygen atoms in total. The molecule has 7 heteroatoms. The third-order valence-corrected chi connectivity index (χ3v) is 4.33. The Kier molecular flexibility index (Phi) is 3.60. The number of anilines is 2. The van der Waals surface area contributed by atoms with Crippen molar-refractivity contribution < 1.29 is 4.79 Å². The molecule has 0 aliphatic carbocycles. The van der Waals surface area contributed by atoms with E-state index in [1.807, 2.05) is 30.5 Å². The van der Waals surface area contributed by atoms with Gasteiger partial charge in [0.25, 0.3) is 0 Å². The normalized spacial score (nSPS) is 19.6. The zero-order valence-corrected chi connectivity index (χ0v) is 13.1. The van der Waals surface area contributed by atoms with Crippen LogP contribution in [0.4, 0.5) is 11.8 Å². The lowest BCUT2D eigenvalue weighted by Crippen LogP contribution is -2.32. The molecule has 1 fully saturated rings. The summed E-state index contributed by atoms with van der Waals surface area (Å²) in [5.74, 6) is 1.03. The molecule has 2 aromatic rings. The number of aliphatic imine (C=N–C) groups is 1. The van der Waals surface area contributed by atoms with Crippen LogP contribution in [0.2, 0.25) is 0 Å². The SMILES string of the molecule is Nc1nc(NCC2CCC(=O)N2)c2ccc(C3=CC=NC3)cc2n1. The van der Waals surface area contributed by atoms with Gasteiger partial charge in [0.15, 0.2) is 0 Å². The Balaban J connectivity index is 1.61. The number of nitrogens with one attached hydrogen (secondary N) is 2. The molecule has 4 rings (SSSR count). The molecular weight excluding hydrogens is 304 g/mol. The zero-order valence-electron chi connectivity index (χ0n) is 13.1. The van der Waals surface area contributed by atoms with Crippen molar-refractivity contribution in [3.8, 4) is 0 Å². The van der Waals surface area contributed by atoms with Gasteiger partial charge in [-0.2, -0.15) is 4.98 Å². The van der Waals surface area contributed by atoms with E-state index in [4.69, 9.17) is 5.73 Å². The monoisotopic (exact) mass is 322 g/mol. The summed E-state index contributed by atoms with van der Waals surface area (Å²) >= 11 is 0. The summed E-state index contributed by atoms with van der Waals surface area (Å²) in [5, 5.41) is 7.14. The number of carbonyl (C=O) groups excluding carboxylic acids is 1. The quantitative estimate of drug-likeness (QED) is 0.788. The Morgan fingerprint density at radius 1 is 1.33 bits per heavy atom. The summed E-state index contributed by atoms with van der Waals surface area (Å²) in [6, 6.07) is 6.18. The molecule has 2 aliphatic heterocycles. The standard InChI is InChI=1S/C17H18N6O/c18-17-22-14-7-10(11-5-6-19-8-11)1-3-13(14)16(23-17)20-9-12-2-4-15(24)21-12/h1,3,5-7,12H,2,4,8-9H2,(H,21,24)(H3,18,20,22,23). The molecule has 1 atom stereocenters. The minimum absolute atomic E-state index is 0.102. The predicted octanol–water partition coefficient (Wildman–Crippen LogP) is 1.37. The van der Waals surface area contributed by atoms with E-state index in [1.165, 1.54) is 0 Å². The Morgan fingerprint density at radius 3 is 3.00 bits per heavy atom. The van der Waals surface area contributed by atoms with Crippen LogP contribution in [-0.2, 0) is 4.79 Å². The first-order chi connectivity index (χ1) is 11.7. The van der Waals surface area contributed by atoms with Crippen molar-refractivity contribution in [3.63, 3.8) is 0 Å². The Morgan fingerprint density at radius 2 is 2.25 bits per heavy atom. The second-order valence-electron chi connectivity index (χ2n) is 6.03. The molecule has 3 heterocycles. The van der Waals surface area contributed by atoms with Crippen LogP contribution in [0.1, 0.15) is 18.4 Å². The summed E-state index contributed by atoms with van der Waals surface area (Å²) in [4.78, 5) is 24.2. The van der Waals surface area contributed by atoms with Gasteiger partial charge in [0.1, 0.15) is 5.82 Å². The molecule has 1 unspecified atom stereocenters. The van der Waals surface area contributed by atoms with Crippen LogP contribution in [0.25, 0.3) is 16.5 Å². The van der Waals surface area contributed by atoms with Gasteiger partial charge in [-0.05, 0) is 35.8 Å². The van der Waals surface area contributed by atoms with Crippen LogP contribution < -0.4 is 16.4 Å². The fraction of sp³-hybridized carbons (Fsp3) is 0.294. The van der Waals surface area contributed by atoms with Crippen molar-refractivity contribution in [2.24, 2.45) is 4.99 Å². The van der Waals surface area contributed by atoms with Crippen LogP contribution in [0.5, 0.6) is 0 Å². The van der Waals surface area contributed by atoms with Gasteiger partial charge in [0, 0.05) is 30.6 Å². The molecule has 1 aromatic carbocycles. The van der Waals surface area contributed by atoms with Crippen molar-refractivity contribution in [3.05, 3.63) is 29.8 Å². The van der Waals surface area contributed by atoms with E-state index in [0.717, 1.165) is 28.5 Å². The highest BCUT2D eigenvalue weighted by molar-refractivity contribution is 5.95. The summed E-state index contributed by atoms with van der Waals surface area (Å²) in [6.07, 6.45) is 5.24. The number of nitrogens with two attached hydrogens (primary N) is 1. The smallest absolute Gasteiger partial charge is 0.222 e. The Bertz CT molecular complexity index is 873. The summed E-state index contributed by atoms with van der Waals surface area (Å²) in [5.41, 5.74) is 8.91. The number of hydrogen-bond donors (Lipinski definition) is 3. The minimum atomic E-state index is 0.102. The van der Waals surface area contributed by atoms with Gasteiger partial charge >= 0.3 is 0 Å². The fourth-order valence-corrected chi connectivity index (χ4v) is 3.07. The van der Waals surface area contributed by atoms with Crippen molar-refractivity contribution in [1.82, 2.24) is 15.3 Å². The molecule has 1 saturated heterocycles. The maximum atomic E-state index is 11.3. The van der Waals surface area contributed by atoms with Crippen molar-refractivity contribution in [2.75, 3.05) is 24.1 Å². The van der Waals surface area contributed by atoms with Crippen LogP contribution in [0.15, 0.2) is 29.3 Å². The zero-order chi connectivity index (χ0) is 16.5. The van der Waals surface area contributed by atoms with Gasteiger partial charge in [-0.3, -0.25) is 9.79 Å². The molecule has 1 aromatic heterocycles. The first-order valence-corrected chi connectivity index (χ1v) is 7.99. The first kappa shape index (κ1) is 14.6.